The number of imidazole rings is 1. The van der Waals surface area contributed by atoms with Gasteiger partial charge in [-0.05, 0) is 32.9 Å². The minimum absolute atomic E-state index is 0.0957. The molecule has 0 unspecified atom stereocenters. The van der Waals surface area contributed by atoms with Gasteiger partial charge in [0.05, 0.1) is 23.2 Å². The van der Waals surface area contributed by atoms with Gasteiger partial charge in [0.25, 0.3) is 0 Å². The zero-order valence-corrected chi connectivity index (χ0v) is 12.7. The maximum absolute atomic E-state index is 12.6. The van der Waals surface area contributed by atoms with Gasteiger partial charge < -0.3 is 14.2 Å². The van der Waals surface area contributed by atoms with Gasteiger partial charge in [0.2, 0.25) is 5.91 Å². The lowest BCUT2D eigenvalue weighted by Crippen LogP contribution is -2.49. The fraction of sp³-hybridized carbons (Fsp3) is 0.500. The molecule has 1 aliphatic heterocycles. The van der Waals surface area contributed by atoms with Crippen LogP contribution in [0.5, 0.6) is 0 Å². The Morgan fingerprint density at radius 1 is 1.29 bits per heavy atom. The molecule has 1 amide bonds. The van der Waals surface area contributed by atoms with E-state index >= 15 is 0 Å². The van der Waals surface area contributed by atoms with E-state index in [0.29, 0.717) is 19.6 Å². The topological polar surface area (TPSA) is 47.4 Å². The molecular weight excluding hydrogens is 266 g/mol. The van der Waals surface area contributed by atoms with Gasteiger partial charge in [0, 0.05) is 13.1 Å². The molecule has 0 spiro atoms. The summed E-state index contributed by atoms with van der Waals surface area (Å²) in [5.74, 6) is 1.00. The number of amides is 1. The highest BCUT2D eigenvalue weighted by Gasteiger charge is 2.26. The van der Waals surface area contributed by atoms with Crippen LogP contribution < -0.4 is 0 Å². The molecule has 5 heteroatoms. The van der Waals surface area contributed by atoms with Gasteiger partial charge in [0.1, 0.15) is 12.4 Å². The second kappa shape index (κ2) is 5.48. The summed E-state index contributed by atoms with van der Waals surface area (Å²) >= 11 is 0. The lowest BCUT2D eigenvalue weighted by Gasteiger charge is -2.35. The van der Waals surface area contributed by atoms with Crippen LogP contribution >= 0.6 is 0 Å². The lowest BCUT2D eigenvalue weighted by molar-refractivity contribution is -0.143. The van der Waals surface area contributed by atoms with Gasteiger partial charge in [-0.2, -0.15) is 0 Å². The predicted molar refractivity (Wildman–Crippen MR) is 81.1 cm³/mol. The minimum Gasteiger partial charge on any atom is -0.372 e. The molecule has 2 atom stereocenters. The Hall–Kier alpha value is -1.88. The highest BCUT2D eigenvalue weighted by molar-refractivity contribution is 5.81. The third kappa shape index (κ3) is 2.78. The fourth-order valence-corrected chi connectivity index (χ4v) is 3.01. The van der Waals surface area contributed by atoms with Crippen molar-refractivity contribution in [1.82, 2.24) is 14.5 Å². The maximum atomic E-state index is 12.6. The highest BCUT2D eigenvalue weighted by Crippen LogP contribution is 2.17. The van der Waals surface area contributed by atoms with E-state index in [1.54, 1.807) is 0 Å². The Bertz CT molecular complexity index is 655. The number of benzene rings is 1. The van der Waals surface area contributed by atoms with E-state index in [4.69, 9.17) is 4.74 Å². The van der Waals surface area contributed by atoms with E-state index in [-0.39, 0.29) is 18.1 Å². The Kier molecular flexibility index (Phi) is 3.68. The molecular formula is C16H21N3O2. The summed E-state index contributed by atoms with van der Waals surface area (Å²) < 4.78 is 7.67. The summed E-state index contributed by atoms with van der Waals surface area (Å²) in [6.07, 6.45) is 0.191. The molecule has 1 saturated heterocycles. The van der Waals surface area contributed by atoms with E-state index in [9.17, 15) is 4.79 Å². The molecule has 21 heavy (non-hydrogen) atoms. The Morgan fingerprint density at radius 3 is 2.67 bits per heavy atom. The molecule has 0 bridgehead atoms. The molecule has 1 aromatic carbocycles. The van der Waals surface area contributed by atoms with Crippen molar-refractivity contribution in [2.45, 2.75) is 39.5 Å². The van der Waals surface area contributed by atoms with Crippen molar-refractivity contribution in [2.75, 3.05) is 13.1 Å². The Morgan fingerprint density at radius 2 is 1.95 bits per heavy atom. The number of carbonyl (C=O) groups is 1. The van der Waals surface area contributed by atoms with Crippen LogP contribution in [0.1, 0.15) is 19.7 Å². The van der Waals surface area contributed by atoms with Gasteiger partial charge in [0.15, 0.2) is 0 Å². The number of carbonyl (C=O) groups excluding carboxylic acids is 1. The third-order valence-corrected chi connectivity index (χ3v) is 3.91. The van der Waals surface area contributed by atoms with Gasteiger partial charge in [-0.15, -0.1) is 0 Å². The molecule has 1 aliphatic rings. The number of para-hydroxylation sites is 2. The molecule has 5 nitrogen and oxygen atoms in total. The first-order chi connectivity index (χ1) is 10.0. The first kappa shape index (κ1) is 14.1. The molecule has 0 radical (unpaired) electrons. The second-order valence-corrected chi connectivity index (χ2v) is 5.79. The zero-order chi connectivity index (χ0) is 15.0. The van der Waals surface area contributed by atoms with Crippen molar-refractivity contribution in [3.63, 3.8) is 0 Å². The normalized spacial score (nSPS) is 22.7. The van der Waals surface area contributed by atoms with Crippen LogP contribution in [0.2, 0.25) is 0 Å². The van der Waals surface area contributed by atoms with E-state index in [2.05, 4.69) is 4.98 Å². The summed E-state index contributed by atoms with van der Waals surface area (Å²) in [7, 11) is 0. The molecule has 3 rings (SSSR count). The lowest BCUT2D eigenvalue weighted by atomic mass is 10.2. The quantitative estimate of drug-likeness (QED) is 0.848. The van der Waals surface area contributed by atoms with Crippen molar-refractivity contribution >= 4 is 16.9 Å². The first-order valence-electron chi connectivity index (χ1n) is 7.39. The van der Waals surface area contributed by atoms with Crippen LogP contribution in [0.25, 0.3) is 11.0 Å². The summed E-state index contributed by atoms with van der Waals surface area (Å²) in [6.45, 7) is 7.62. The SMILES string of the molecule is Cc1nc2ccccc2n1CC(=O)N1C[C@H](C)O[C@@H](C)C1. The summed E-state index contributed by atoms with van der Waals surface area (Å²) in [5, 5.41) is 0. The number of morpholine rings is 1. The summed E-state index contributed by atoms with van der Waals surface area (Å²) in [4.78, 5) is 19.0. The van der Waals surface area contributed by atoms with E-state index in [1.807, 2.05) is 54.5 Å². The molecule has 2 aromatic rings. The molecule has 2 heterocycles. The number of aryl methyl sites for hydroxylation is 1. The van der Waals surface area contributed by atoms with E-state index < -0.39 is 0 Å². The van der Waals surface area contributed by atoms with Crippen LogP contribution in [-0.4, -0.2) is 45.7 Å². The maximum Gasteiger partial charge on any atom is 0.242 e. The van der Waals surface area contributed by atoms with Crippen LogP contribution in [0.15, 0.2) is 24.3 Å². The fourth-order valence-electron chi connectivity index (χ4n) is 3.01. The number of ether oxygens (including phenoxy) is 1. The molecule has 1 aromatic heterocycles. The van der Waals surface area contributed by atoms with Gasteiger partial charge >= 0.3 is 0 Å². The molecule has 0 N–H and O–H groups in total. The second-order valence-electron chi connectivity index (χ2n) is 5.79. The van der Waals surface area contributed by atoms with Gasteiger partial charge in [-0.25, -0.2) is 4.98 Å². The van der Waals surface area contributed by atoms with E-state index in [0.717, 1.165) is 16.9 Å². The van der Waals surface area contributed by atoms with Crippen molar-refractivity contribution in [2.24, 2.45) is 0 Å². The monoisotopic (exact) mass is 287 g/mol. The average molecular weight is 287 g/mol. The average Bonchev–Trinajstić information content (AvgIpc) is 2.74. The standard InChI is InChI=1S/C16H21N3O2/c1-11-8-18(9-12(2)21-11)16(20)10-19-13(3)17-14-6-4-5-7-15(14)19/h4-7,11-12H,8-10H2,1-3H3/t11-,12-/m0/s1. The van der Waals surface area contributed by atoms with Crippen molar-refractivity contribution in [3.8, 4) is 0 Å². The minimum atomic E-state index is 0.0957. The summed E-state index contributed by atoms with van der Waals surface area (Å²) in [5.41, 5.74) is 1.95. The smallest absolute Gasteiger partial charge is 0.242 e. The van der Waals surface area contributed by atoms with Crippen molar-refractivity contribution in [3.05, 3.63) is 30.1 Å². The number of hydrogen-bond donors (Lipinski definition) is 0. The Balaban J connectivity index is 1.81. The molecule has 0 saturated carbocycles. The number of hydrogen-bond acceptors (Lipinski definition) is 3. The number of nitrogens with zero attached hydrogens (tertiary/aromatic N) is 3. The number of rotatable bonds is 2. The largest absolute Gasteiger partial charge is 0.372 e. The van der Waals surface area contributed by atoms with Crippen LogP contribution in [0.4, 0.5) is 0 Å². The number of fused-ring (bicyclic) bond motifs is 1. The summed E-state index contributed by atoms with van der Waals surface area (Å²) in [6, 6.07) is 7.92. The van der Waals surface area contributed by atoms with Crippen molar-refractivity contribution < 1.29 is 9.53 Å². The predicted octanol–water partition coefficient (Wildman–Crippen LogP) is 1.98. The van der Waals surface area contributed by atoms with Crippen LogP contribution in [-0.2, 0) is 16.1 Å². The highest BCUT2D eigenvalue weighted by atomic mass is 16.5. The van der Waals surface area contributed by atoms with Crippen LogP contribution in [0, 0.1) is 6.92 Å². The molecule has 0 aliphatic carbocycles. The number of aromatic nitrogens is 2. The van der Waals surface area contributed by atoms with Gasteiger partial charge in [-0.3, -0.25) is 4.79 Å². The van der Waals surface area contributed by atoms with Gasteiger partial charge in [-0.1, -0.05) is 12.1 Å². The van der Waals surface area contributed by atoms with E-state index in [1.165, 1.54) is 0 Å². The van der Waals surface area contributed by atoms with Crippen molar-refractivity contribution in [1.29, 1.82) is 0 Å². The van der Waals surface area contributed by atoms with Crippen LogP contribution in [0.3, 0.4) is 0 Å². The third-order valence-electron chi connectivity index (χ3n) is 3.91. The molecule has 1 fully saturated rings. The molecule has 112 valence electrons. The Labute approximate surface area is 124 Å². The zero-order valence-electron chi connectivity index (χ0n) is 12.7. The first-order valence-corrected chi connectivity index (χ1v) is 7.39.